The third kappa shape index (κ3) is 9.16. The van der Waals surface area contributed by atoms with Crippen LogP contribution in [0.3, 0.4) is 0 Å². The van der Waals surface area contributed by atoms with Crippen LogP contribution in [0.1, 0.15) is 64.2 Å². The molecule has 0 heterocycles. The molecule has 4 nitrogen and oxygen atoms in total. The largest absolute Gasteiger partial charge is 0.392 e. The molecule has 0 aliphatic carbocycles. The minimum Gasteiger partial charge on any atom is -0.351 e. The van der Waals surface area contributed by atoms with Crippen LogP contribution in [0.2, 0.25) is 0 Å². The number of rotatable bonds is 21. The zero-order valence-corrected chi connectivity index (χ0v) is 21.5. The highest BCUT2D eigenvalue weighted by Crippen LogP contribution is 2.49. The highest BCUT2D eigenvalue weighted by atomic mass is 19.4. The lowest BCUT2D eigenvalue weighted by atomic mass is 10.0. The fourth-order valence-corrected chi connectivity index (χ4v) is 3.27. The smallest absolute Gasteiger partial charge is 0.351 e. The van der Waals surface area contributed by atoms with E-state index in [-0.39, 0.29) is 25.7 Å². The molecule has 0 spiro atoms. The van der Waals surface area contributed by atoms with E-state index in [1.54, 1.807) is 0 Å². The molecule has 250 valence electrons. The van der Waals surface area contributed by atoms with Gasteiger partial charge in [-0.15, -0.1) is 0 Å². The van der Waals surface area contributed by atoms with Crippen LogP contribution in [0.4, 0.5) is 70.2 Å². The Kier molecular flexibility index (Phi) is 14.7. The van der Waals surface area contributed by atoms with Crippen LogP contribution in [0.25, 0.3) is 0 Å². The van der Waals surface area contributed by atoms with E-state index >= 15 is 0 Å². The van der Waals surface area contributed by atoms with Gasteiger partial charge in [0.2, 0.25) is 0 Å². The van der Waals surface area contributed by atoms with Gasteiger partial charge in [0.1, 0.15) is 0 Å². The maximum Gasteiger partial charge on any atom is 0.392 e. The lowest BCUT2D eigenvalue weighted by molar-refractivity contribution is -0.327. The van der Waals surface area contributed by atoms with Crippen molar-refractivity contribution in [2.75, 3.05) is 13.1 Å². The number of amides is 2. The van der Waals surface area contributed by atoms with Crippen molar-refractivity contribution in [3.63, 3.8) is 0 Å². The average Bonchev–Trinajstić information content (AvgIpc) is 2.87. The number of carbonyl (C=O) groups excluding carboxylic acids is 2. The molecule has 0 aromatic rings. The molecule has 0 aromatic heterocycles. The summed E-state index contributed by atoms with van der Waals surface area (Å²) in [5.74, 6) is -44.1. The van der Waals surface area contributed by atoms with Crippen molar-refractivity contribution in [3.05, 3.63) is 0 Å². The van der Waals surface area contributed by atoms with Crippen LogP contribution in [-0.4, -0.2) is 73.3 Å². The zero-order valence-electron chi connectivity index (χ0n) is 21.5. The summed E-state index contributed by atoms with van der Waals surface area (Å²) in [5, 5.41) is 2.59. The molecular formula is C22H28F16N2O2. The fourth-order valence-electron chi connectivity index (χ4n) is 3.27. The molecule has 2 amide bonds. The number of hydrogen-bond acceptors (Lipinski definition) is 2. The van der Waals surface area contributed by atoms with Crippen molar-refractivity contribution in [2.45, 2.75) is 113 Å². The molecule has 0 radical (unpaired) electrons. The molecule has 0 aromatic carbocycles. The normalized spacial score (nSPS) is 14.0. The first-order valence-corrected chi connectivity index (χ1v) is 12.3. The topological polar surface area (TPSA) is 58.2 Å². The van der Waals surface area contributed by atoms with E-state index in [1.807, 2.05) is 0 Å². The van der Waals surface area contributed by atoms with Gasteiger partial charge in [-0.2, -0.15) is 52.7 Å². The van der Waals surface area contributed by atoms with E-state index in [4.69, 9.17) is 0 Å². The maximum atomic E-state index is 13.4. The van der Waals surface area contributed by atoms with Gasteiger partial charge >= 0.3 is 48.4 Å². The Morgan fingerprint density at radius 3 is 0.857 bits per heavy atom. The maximum absolute atomic E-state index is 13.4. The zero-order chi connectivity index (χ0) is 33.2. The number of nitrogens with one attached hydrogen (secondary N) is 2. The molecule has 42 heavy (non-hydrogen) atoms. The summed E-state index contributed by atoms with van der Waals surface area (Å²) >= 11 is 0. The number of hydrogen-bond donors (Lipinski definition) is 2. The SMILES string of the molecule is O=C(NCCCCCCCCCCCCNC(=O)C(F)(F)C(F)(F)C(F)(F)C(F)F)C(F)(F)C(F)(F)C(F)(F)C(F)F. The number of carbonyl (C=O) groups is 2. The first kappa shape index (κ1) is 39.8. The van der Waals surface area contributed by atoms with Crippen molar-refractivity contribution in [1.82, 2.24) is 10.6 Å². The molecule has 0 saturated heterocycles. The van der Waals surface area contributed by atoms with E-state index in [0.29, 0.717) is 38.5 Å². The van der Waals surface area contributed by atoms with Gasteiger partial charge in [-0.3, -0.25) is 9.59 Å². The summed E-state index contributed by atoms with van der Waals surface area (Å²) in [5.41, 5.74) is 0. The highest BCUT2D eigenvalue weighted by Gasteiger charge is 2.79. The summed E-state index contributed by atoms with van der Waals surface area (Å²) in [4.78, 5) is 22.4. The standard InChI is InChI=1S/C22H28F16N2O2/c23-13(24)17(27,28)21(35,36)19(31,32)15(41)39-11-9-7-5-3-1-2-4-6-8-10-12-40-16(42)20(33,34)22(37,38)18(29,30)14(25)26/h13-14H,1-12H2,(H,39,41)(H,40,42). The molecule has 0 unspecified atom stereocenters. The molecule has 0 saturated carbocycles. The Morgan fingerprint density at radius 1 is 0.429 bits per heavy atom. The van der Waals surface area contributed by atoms with Crippen LogP contribution in [0.5, 0.6) is 0 Å². The molecule has 0 bridgehead atoms. The first-order chi connectivity index (χ1) is 18.9. The molecule has 0 aliphatic heterocycles. The van der Waals surface area contributed by atoms with E-state index in [0.717, 1.165) is 0 Å². The molecule has 20 heteroatoms. The predicted molar refractivity (Wildman–Crippen MR) is 114 cm³/mol. The number of alkyl halides is 16. The fraction of sp³-hybridized carbons (Fsp3) is 0.909. The van der Waals surface area contributed by atoms with Crippen LogP contribution in [0, 0.1) is 0 Å². The van der Waals surface area contributed by atoms with Gasteiger partial charge in [0.15, 0.2) is 0 Å². The van der Waals surface area contributed by atoms with E-state index in [1.165, 1.54) is 10.6 Å². The van der Waals surface area contributed by atoms with E-state index in [2.05, 4.69) is 0 Å². The highest BCUT2D eigenvalue weighted by molar-refractivity contribution is 5.85. The van der Waals surface area contributed by atoms with Crippen molar-refractivity contribution in [3.8, 4) is 0 Å². The summed E-state index contributed by atoms with van der Waals surface area (Å²) in [7, 11) is 0. The lowest BCUT2D eigenvalue weighted by Crippen LogP contribution is -2.63. The lowest BCUT2D eigenvalue weighted by Gasteiger charge is -2.31. The van der Waals surface area contributed by atoms with Gasteiger partial charge in [-0.05, 0) is 12.8 Å². The Morgan fingerprint density at radius 2 is 0.643 bits per heavy atom. The van der Waals surface area contributed by atoms with Crippen molar-refractivity contribution in [1.29, 1.82) is 0 Å². The molecule has 2 N–H and O–H groups in total. The Labute approximate surface area is 228 Å². The average molecular weight is 656 g/mol. The second-order valence-electron chi connectivity index (χ2n) is 9.19. The Hall–Kier alpha value is -2.18. The van der Waals surface area contributed by atoms with E-state index < -0.39 is 73.3 Å². The molecule has 0 rings (SSSR count). The molecule has 0 fully saturated rings. The van der Waals surface area contributed by atoms with Gasteiger partial charge in [0, 0.05) is 13.1 Å². The number of unbranched alkanes of at least 4 members (excludes halogenated alkanes) is 9. The van der Waals surface area contributed by atoms with Crippen LogP contribution < -0.4 is 10.6 Å². The quantitative estimate of drug-likeness (QED) is 0.0996. The summed E-state index contributed by atoms with van der Waals surface area (Å²) in [6, 6.07) is 0. The molecular weight excluding hydrogens is 628 g/mol. The van der Waals surface area contributed by atoms with Crippen molar-refractivity contribution in [2.24, 2.45) is 0 Å². The van der Waals surface area contributed by atoms with Gasteiger partial charge in [0.25, 0.3) is 11.8 Å². The van der Waals surface area contributed by atoms with Crippen LogP contribution in [0.15, 0.2) is 0 Å². The van der Waals surface area contributed by atoms with Gasteiger partial charge in [-0.1, -0.05) is 51.4 Å². The van der Waals surface area contributed by atoms with Crippen molar-refractivity contribution >= 4 is 11.8 Å². The predicted octanol–water partition coefficient (Wildman–Crippen LogP) is 7.46. The van der Waals surface area contributed by atoms with Crippen LogP contribution in [-0.2, 0) is 9.59 Å². The number of halogens is 16. The summed E-state index contributed by atoms with van der Waals surface area (Å²) in [6.07, 6.45) is -6.54. The minimum atomic E-state index is -6.64. The van der Waals surface area contributed by atoms with Gasteiger partial charge in [0.05, 0.1) is 0 Å². The van der Waals surface area contributed by atoms with E-state index in [9.17, 15) is 79.8 Å². The Balaban J connectivity index is 4.09. The molecule has 0 atom stereocenters. The first-order valence-electron chi connectivity index (χ1n) is 12.3. The second-order valence-corrected chi connectivity index (χ2v) is 9.19. The summed E-state index contributed by atoms with van der Waals surface area (Å²) < 4.78 is 205. The molecule has 0 aliphatic rings. The third-order valence-electron chi connectivity index (χ3n) is 5.92. The minimum absolute atomic E-state index is 0.0326. The summed E-state index contributed by atoms with van der Waals surface area (Å²) in [6.45, 7) is -1.25. The third-order valence-corrected chi connectivity index (χ3v) is 5.92. The Bertz CT molecular complexity index is 784. The van der Waals surface area contributed by atoms with Gasteiger partial charge < -0.3 is 10.6 Å². The van der Waals surface area contributed by atoms with Crippen molar-refractivity contribution < 1.29 is 79.8 Å². The monoisotopic (exact) mass is 656 g/mol. The van der Waals surface area contributed by atoms with Crippen LogP contribution >= 0.6 is 0 Å². The van der Waals surface area contributed by atoms with Gasteiger partial charge in [-0.25, -0.2) is 17.6 Å². The second kappa shape index (κ2) is 15.5.